The first-order valence-electron chi connectivity index (χ1n) is 8.20. The van der Waals surface area contributed by atoms with Crippen LogP contribution in [0.4, 0.5) is 16.2 Å². The Kier molecular flexibility index (Phi) is 6.24. The molecule has 138 valence electrons. The molecule has 3 N–H and O–H groups in total. The van der Waals surface area contributed by atoms with Crippen LogP contribution in [0.2, 0.25) is 0 Å². The van der Waals surface area contributed by atoms with Crippen LogP contribution in [-0.4, -0.2) is 49.3 Å². The predicted octanol–water partition coefficient (Wildman–Crippen LogP) is 2.17. The molecule has 1 unspecified atom stereocenters. The highest BCUT2D eigenvalue weighted by atomic mass is 32.2. The van der Waals surface area contributed by atoms with Crippen LogP contribution in [0.5, 0.6) is 0 Å². The summed E-state index contributed by atoms with van der Waals surface area (Å²) in [5, 5.41) is 11.8. The van der Waals surface area contributed by atoms with Gasteiger partial charge in [0.1, 0.15) is 0 Å². The van der Waals surface area contributed by atoms with Crippen molar-refractivity contribution in [2.75, 3.05) is 28.9 Å². The minimum Gasteiger partial charge on any atom is -0.481 e. The van der Waals surface area contributed by atoms with Gasteiger partial charge in [-0.25, -0.2) is 13.2 Å². The number of urea groups is 1. The lowest BCUT2D eigenvalue weighted by Crippen LogP contribution is -2.44. The van der Waals surface area contributed by atoms with Gasteiger partial charge in [0.05, 0.1) is 11.7 Å². The molecule has 1 aliphatic heterocycles. The highest BCUT2D eigenvalue weighted by molar-refractivity contribution is 7.92. The van der Waals surface area contributed by atoms with E-state index in [1.807, 2.05) is 0 Å². The SMILES string of the molecule is CCCS(=O)(=O)Nc1ccc(NC(=O)N2CCCC(C(=O)O)C2)cc1. The number of amides is 2. The Bertz CT molecular complexity index is 718. The fraction of sp³-hybridized carbons (Fsp3) is 0.500. The second kappa shape index (κ2) is 8.19. The molecule has 2 amide bonds. The van der Waals surface area contributed by atoms with Gasteiger partial charge in [-0.3, -0.25) is 9.52 Å². The lowest BCUT2D eigenvalue weighted by atomic mass is 9.99. The summed E-state index contributed by atoms with van der Waals surface area (Å²) in [6.45, 7) is 2.49. The summed E-state index contributed by atoms with van der Waals surface area (Å²) in [7, 11) is -3.35. The highest BCUT2D eigenvalue weighted by Gasteiger charge is 2.28. The van der Waals surface area contributed by atoms with Crippen LogP contribution in [0.25, 0.3) is 0 Å². The number of nitrogens with zero attached hydrogens (tertiary/aromatic N) is 1. The summed E-state index contributed by atoms with van der Waals surface area (Å²) in [6, 6.07) is 5.98. The molecule has 2 rings (SSSR count). The third-order valence-corrected chi connectivity index (χ3v) is 5.43. The van der Waals surface area contributed by atoms with Gasteiger partial charge in [0, 0.05) is 24.5 Å². The Labute approximate surface area is 147 Å². The molecule has 0 aromatic heterocycles. The van der Waals surface area contributed by atoms with E-state index in [0.29, 0.717) is 37.2 Å². The van der Waals surface area contributed by atoms with E-state index >= 15 is 0 Å². The van der Waals surface area contributed by atoms with Gasteiger partial charge in [0.2, 0.25) is 10.0 Å². The Balaban J connectivity index is 1.94. The van der Waals surface area contributed by atoms with Gasteiger partial charge >= 0.3 is 12.0 Å². The van der Waals surface area contributed by atoms with E-state index in [4.69, 9.17) is 5.11 Å². The van der Waals surface area contributed by atoms with E-state index < -0.39 is 21.9 Å². The summed E-state index contributed by atoms with van der Waals surface area (Å²) in [5.74, 6) is -1.37. The molecule has 0 bridgehead atoms. The molecule has 1 aliphatic rings. The number of hydrogen-bond donors (Lipinski definition) is 3. The van der Waals surface area contributed by atoms with Crippen molar-refractivity contribution < 1.29 is 23.1 Å². The van der Waals surface area contributed by atoms with Gasteiger partial charge in [-0.2, -0.15) is 0 Å². The molecular weight excluding hydrogens is 346 g/mol. The number of aliphatic carboxylic acids is 1. The fourth-order valence-corrected chi connectivity index (χ4v) is 3.82. The zero-order valence-electron chi connectivity index (χ0n) is 14.1. The van der Waals surface area contributed by atoms with Crippen molar-refractivity contribution >= 4 is 33.4 Å². The van der Waals surface area contributed by atoms with E-state index in [1.165, 1.54) is 4.90 Å². The van der Waals surface area contributed by atoms with Crippen LogP contribution in [0.15, 0.2) is 24.3 Å². The maximum atomic E-state index is 12.2. The topological polar surface area (TPSA) is 116 Å². The number of benzene rings is 1. The average Bonchev–Trinajstić information content (AvgIpc) is 2.56. The zero-order chi connectivity index (χ0) is 18.4. The molecule has 1 aromatic rings. The maximum Gasteiger partial charge on any atom is 0.321 e. The smallest absolute Gasteiger partial charge is 0.321 e. The number of nitrogens with one attached hydrogen (secondary N) is 2. The van der Waals surface area contributed by atoms with Gasteiger partial charge in [-0.1, -0.05) is 6.92 Å². The summed E-state index contributed by atoms with van der Waals surface area (Å²) in [5.41, 5.74) is 0.941. The molecule has 0 aliphatic carbocycles. The monoisotopic (exact) mass is 369 g/mol. The number of anilines is 2. The number of carboxylic acid groups (broad SMARTS) is 1. The predicted molar refractivity (Wildman–Crippen MR) is 95.1 cm³/mol. The first-order chi connectivity index (χ1) is 11.8. The lowest BCUT2D eigenvalue weighted by Gasteiger charge is -2.30. The normalized spacial score (nSPS) is 17.8. The minimum atomic E-state index is -3.35. The van der Waals surface area contributed by atoms with E-state index in [9.17, 15) is 18.0 Å². The van der Waals surface area contributed by atoms with Gasteiger partial charge in [0.15, 0.2) is 0 Å². The van der Waals surface area contributed by atoms with Gasteiger partial charge in [-0.15, -0.1) is 0 Å². The van der Waals surface area contributed by atoms with E-state index in [1.54, 1.807) is 31.2 Å². The highest BCUT2D eigenvalue weighted by Crippen LogP contribution is 2.19. The number of hydrogen-bond acceptors (Lipinski definition) is 4. The molecule has 0 radical (unpaired) electrons. The van der Waals surface area contributed by atoms with Crippen molar-refractivity contribution in [3.63, 3.8) is 0 Å². The Hall–Kier alpha value is -2.29. The Morgan fingerprint density at radius 2 is 1.88 bits per heavy atom. The van der Waals surface area contributed by atoms with Gasteiger partial charge in [0.25, 0.3) is 0 Å². The standard InChI is InChI=1S/C16H23N3O5S/c1-2-10-25(23,24)18-14-7-5-13(6-8-14)17-16(22)19-9-3-4-12(11-19)15(20)21/h5-8,12,18H,2-4,9-11H2,1H3,(H,17,22)(H,20,21). The van der Waals surface area contributed by atoms with Crippen LogP contribution in [0.3, 0.4) is 0 Å². The quantitative estimate of drug-likeness (QED) is 0.711. The summed E-state index contributed by atoms with van der Waals surface area (Å²) in [6.07, 6.45) is 1.75. The Morgan fingerprint density at radius 3 is 2.48 bits per heavy atom. The number of piperidine rings is 1. The van der Waals surface area contributed by atoms with Crippen LogP contribution < -0.4 is 10.0 Å². The molecule has 25 heavy (non-hydrogen) atoms. The minimum absolute atomic E-state index is 0.0468. The molecule has 1 aromatic carbocycles. The molecule has 1 atom stereocenters. The molecule has 0 saturated carbocycles. The van der Waals surface area contributed by atoms with E-state index in [-0.39, 0.29) is 18.3 Å². The van der Waals surface area contributed by atoms with E-state index in [0.717, 1.165) is 0 Å². The summed E-state index contributed by atoms with van der Waals surface area (Å²) >= 11 is 0. The third kappa shape index (κ3) is 5.63. The van der Waals surface area contributed by atoms with Crippen molar-refractivity contribution in [3.8, 4) is 0 Å². The van der Waals surface area contributed by atoms with Crippen LogP contribution in [-0.2, 0) is 14.8 Å². The van der Waals surface area contributed by atoms with Crippen molar-refractivity contribution in [2.24, 2.45) is 5.92 Å². The largest absolute Gasteiger partial charge is 0.481 e. The Morgan fingerprint density at radius 1 is 1.24 bits per heavy atom. The fourth-order valence-electron chi connectivity index (χ4n) is 2.69. The number of sulfonamides is 1. The first-order valence-corrected chi connectivity index (χ1v) is 9.85. The van der Waals surface area contributed by atoms with Gasteiger partial charge in [-0.05, 0) is 43.5 Å². The van der Waals surface area contributed by atoms with Crippen molar-refractivity contribution in [2.45, 2.75) is 26.2 Å². The van der Waals surface area contributed by atoms with Crippen molar-refractivity contribution in [1.29, 1.82) is 0 Å². The second-order valence-corrected chi connectivity index (χ2v) is 7.89. The summed E-state index contributed by atoms with van der Waals surface area (Å²) in [4.78, 5) is 24.8. The van der Waals surface area contributed by atoms with Crippen molar-refractivity contribution in [3.05, 3.63) is 24.3 Å². The van der Waals surface area contributed by atoms with E-state index in [2.05, 4.69) is 10.0 Å². The molecule has 8 nitrogen and oxygen atoms in total. The van der Waals surface area contributed by atoms with Crippen LogP contribution >= 0.6 is 0 Å². The van der Waals surface area contributed by atoms with Crippen LogP contribution in [0.1, 0.15) is 26.2 Å². The first kappa shape index (κ1) is 19.0. The van der Waals surface area contributed by atoms with Gasteiger partial charge < -0.3 is 15.3 Å². The second-order valence-electron chi connectivity index (χ2n) is 6.05. The van der Waals surface area contributed by atoms with Crippen LogP contribution in [0, 0.1) is 5.92 Å². The number of carboxylic acids is 1. The molecule has 0 spiro atoms. The number of rotatable bonds is 6. The molecule has 1 fully saturated rings. The summed E-state index contributed by atoms with van der Waals surface area (Å²) < 4.78 is 25.9. The molecule has 9 heteroatoms. The number of likely N-dealkylation sites (tertiary alicyclic amines) is 1. The molecule has 1 saturated heterocycles. The lowest BCUT2D eigenvalue weighted by molar-refractivity contribution is -0.143. The average molecular weight is 369 g/mol. The number of carbonyl (C=O) groups is 2. The third-order valence-electron chi connectivity index (χ3n) is 3.94. The number of carbonyl (C=O) groups excluding carboxylic acids is 1. The van der Waals surface area contributed by atoms with Crippen molar-refractivity contribution in [1.82, 2.24) is 4.90 Å². The maximum absolute atomic E-state index is 12.2. The molecular formula is C16H23N3O5S. The molecule has 1 heterocycles. The zero-order valence-corrected chi connectivity index (χ0v) is 14.9.